The first kappa shape index (κ1) is 21.2. The van der Waals surface area contributed by atoms with Crippen LogP contribution in [0.1, 0.15) is 68.9 Å². The Labute approximate surface area is 175 Å². The molecule has 0 fully saturated rings. The summed E-state index contributed by atoms with van der Waals surface area (Å²) in [4.78, 5) is 13.0. The molecule has 0 aromatic carbocycles. The van der Waals surface area contributed by atoms with Crippen molar-refractivity contribution in [1.29, 1.82) is 0 Å². The normalized spacial score (nSPS) is 11.1. The minimum absolute atomic E-state index is 0.969. The van der Waals surface area contributed by atoms with E-state index in [1.54, 1.807) is 0 Å². The van der Waals surface area contributed by atoms with Gasteiger partial charge in [-0.15, -0.1) is 0 Å². The zero-order chi connectivity index (χ0) is 20.2. The molecule has 0 radical (unpaired) electrons. The van der Waals surface area contributed by atoms with Crippen molar-refractivity contribution < 1.29 is 0 Å². The first-order chi connectivity index (χ1) is 14.3. The fourth-order valence-electron chi connectivity index (χ4n) is 3.73. The lowest BCUT2D eigenvalue weighted by Crippen LogP contribution is -1.94. The molecule has 4 heteroatoms. The molecule has 0 N–H and O–H groups in total. The van der Waals surface area contributed by atoms with Gasteiger partial charge < -0.3 is 4.57 Å². The average Bonchev–Trinajstić information content (AvgIpc) is 3.26. The Morgan fingerprint density at radius 3 is 2.07 bits per heavy atom. The van der Waals surface area contributed by atoms with Gasteiger partial charge in [-0.05, 0) is 61.6 Å². The fraction of sp³-hybridized carbons (Fsp3) is 0.480. The summed E-state index contributed by atoms with van der Waals surface area (Å²) in [5.74, 6) is 0. The topological polar surface area (TPSA) is 43.6 Å². The first-order valence-corrected chi connectivity index (χ1v) is 11.1. The van der Waals surface area contributed by atoms with E-state index >= 15 is 0 Å². The Kier molecular flexibility index (Phi) is 8.89. The molecule has 0 atom stereocenters. The van der Waals surface area contributed by atoms with E-state index in [1.165, 1.54) is 68.9 Å². The van der Waals surface area contributed by atoms with E-state index in [2.05, 4.69) is 44.6 Å². The highest BCUT2D eigenvalue weighted by atomic mass is 15.0. The van der Waals surface area contributed by atoms with Gasteiger partial charge in [0.15, 0.2) is 0 Å². The summed E-state index contributed by atoms with van der Waals surface area (Å²) < 4.78 is 2.17. The van der Waals surface area contributed by atoms with Crippen LogP contribution in [0.15, 0.2) is 55.4 Å². The second-order valence-electron chi connectivity index (χ2n) is 8.00. The van der Waals surface area contributed by atoms with Crippen molar-refractivity contribution in [2.24, 2.45) is 0 Å². The minimum Gasteiger partial charge on any atom is -0.337 e. The first-order valence-electron chi connectivity index (χ1n) is 11.1. The lowest BCUT2D eigenvalue weighted by atomic mass is 10.0. The summed E-state index contributed by atoms with van der Waals surface area (Å²) in [5.41, 5.74) is 4.55. The quantitative estimate of drug-likeness (QED) is 0.317. The van der Waals surface area contributed by atoms with Crippen LogP contribution in [-0.4, -0.2) is 19.5 Å². The van der Waals surface area contributed by atoms with Crippen molar-refractivity contribution in [3.8, 4) is 11.4 Å². The van der Waals surface area contributed by atoms with Crippen LogP contribution in [0.25, 0.3) is 11.4 Å². The number of hydrogen-bond acceptors (Lipinski definition) is 3. The third-order valence-electron chi connectivity index (χ3n) is 5.44. The van der Waals surface area contributed by atoms with E-state index in [0.717, 1.165) is 24.4 Å². The highest BCUT2D eigenvalue weighted by Gasteiger charge is 2.03. The molecule has 0 aliphatic carbocycles. The van der Waals surface area contributed by atoms with Crippen LogP contribution in [0.2, 0.25) is 0 Å². The van der Waals surface area contributed by atoms with Gasteiger partial charge in [-0.2, -0.15) is 0 Å². The molecule has 29 heavy (non-hydrogen) atoms. The van der Waals surface area contributed by atoms with Gasteiger partial charge in [-0.25, -0.2) is 4.98 Å². The second kappa shape index (κ2) is 12.2. The number of rotatable bonds is 13. The standard InChI is InChI=1S/C25H34N4/c1-22-12-14-27-24(19-22)25-20-23(13-15-28-25)11-9-7-5-3-2-4-6-8-10-17-29-18-16-26-21-29/h12-16,18-21H,2-11,17H2,1H3. The summed E-state index contributed by atoms with van der Waals surface area (Å²) >= 11 is 0. The van der Waals surface area contributed by atoms with Gasteiger partial charge in [0.25, 0.3) is 0 Å². The molecule has 0 saturated heterocycles. The van der Waals surface area contributed by atoms with Crippen molar-refractivity contribution >= 4 is 0 Å². The van der Waals surface area contributed by atoms with Crippen molar-refractivity contribution in [2.45, 2.75) is 77.7 Å². The predicted octanol–water partition coefficient (Wildman–Crippen LogP) is 6.40. The number of nitrogens with zero attached hydrogens (tertiary/aromatic N) is 4. The minimum atomic E-state index is 0.969. The molecule has 0 spiro atoms. The summed E-state index contributed by atoms with van der Waals surface area (Å²) in [5, 5.41) is 0. The Bertz CT molecular complexity index is 826. The molecule has 0 bridgehead atoms. The van der Waals surface area contributed by atoms with Crippen molar-refractivity contribution in [3.63, 3.8) is 0 Å². The van der Waals surface area contributed by atoms with Gasteiger partial charge in [0, 0.05) is 31.3 Å². The third-order valence-corrected chi connectivity index (χ3v) is 5.44. The van der Waals surface area contributed by atoms with Crippen LogP contribution >= 0.6 is 0 Å². The maximum absolute atomic E-state index is 4.50. The van der Waals surface area contributed by atoms with E-state index in [-0.39, 0.29) is 0 Å². The maximum Gasteiger partial charge on any atom is 0.0945 e. The van der Waals surface area contributed by atoms with Crippen LogP contribution < -0.4 is 0 Å². The van der Waals surface area contributed by atoms with E-state index < -0.39 is 0 Å². The van der Waals surface area contributed by atoms with Crippen molar-refractivity contribution in [2.75, 3.05) is 0 Å². The molecule has 0 aliphatic heterocycles. The molecule has 4 nitrogen and oxygen atoms in total. The smallest absolute Gasteiger partial charge is 0.0945 e. The van der Waals surface area contributed by atoms with Gasteiger partial charge in [-0.3, -0.25) is 9.97 Å². The molecule has 0 aliphatic rings. The Morgan fingerprint density at radius 2 is 1.38 bits per heavy atom. The Balaban J connectivity index is 1.22. The van der Waals surface area contributed by atoms with Gasteiger partial charge in [-0.1, -0.05) is 44.9 Å². The summed E-state index contributed by atoms with van der Waals surface area (Å²) in [7, 11) is 0. The van der Waals surface area contributed by atoms with E-state index in [0.29, 0.717) is 0 Å². The van der Waals surface area contributed by atoms with E-state index in [1.807, 2.05) is 37.2 Å². The summed E-state index contributed by atoms with van der Waals surface area (Å²) in [6, 6.07) is 8.47. The molecule has 3 rings (SSSR count). The number of aromatic nitrogens is 4. The predicted molar refractivity (Wildman–Crippen MR) is 120 cm³/mol. The largest absolute Gasteiger partial charge is 0.337 e. The van der Waals surface area contributed by atoms with Gasteiger partial charge >= 0.3 is 0 Å². The zero-order valence-electron chi connectivity index (χ0n) is 17.8. The number of imidazole rings is 1. The monoisotopic (exact) mass is 390 g/mol. The SMILES string of the molecule is Cc1ccnc(-c2cc(CCCCCCCCCCCn3ccnc3)ccn2)c1. The van der Waals surface area contributed by atoms with Crippen LogP contribution in [0.4, 0.5) is 0 Å². The Morgan fingerprint density at radius 1 is 0.724 bits per heavy atom. The number of hydrogen-bond donors (Lipinski definition) is 0. The average molecular weight is 391 g/mol. The lowest BCUT2D eigenvalue weighted by molar-refractivity contribution is 0.535. The third kappa shape index (κ3) is 7.80. The molecule has 154 valence electrons. The molecule has 0 saturated carbocycles. The van der Waals surface area contributed by atoms with Crippen LogP contribution in [0.3, 0.4) is 0 Å². The van der Waals surface area contributed by atoms with Crippen molar-refractivity contribution in [3.05, 3.63) is 66.5 Å². The Hall–Kier alpha value is -2.49. The molecular weight excluding hydrogens is 356 g/mol. The second-order valence-corrected chi connectivity index (χ2v) is 8.00. The van der Waals surface area contributed by atoms with E-state index in [9.17, 15) is 0 Å². The highest BCUT2D eigenvalue weighted by molar-refractivity contribution is 5.55. The summed E-state index contributed by atoms with van der Waals surface area (Å²) in [6.45, 7) is 3.20. The molecule has 3 heterocycles. The highest BCUT2D eigenvalue weighted by Crippen LogP contribution is 2.18. The molecule has 3 aromatic heterocycles. The lowest BCUT2D eigenvalue weighted by Gasteiger charge is -2.06. The van der Waals surface area contributed by atoms with E-state index in [4.69, 9.17) is 0 Å². The van der Waals surface area contributed by atoms with Crippen LogP contribution in [0.5, 0.6) is 0 Å². The fourth-order valence-corrected chi connectivity index (χ4v) is 3.73. The molecule has 3 aromatic rings. The molecule has 0 amide bonds. The van der Waals surface area contributed by atoms with Crippen LogP contribution in [0, 0.1) is 6.92 Å². The van der Waals surface area contributed by atoms with Gasteiger partial charge in [0.2, 0.25) is 0 Å². The molecular formula is C25H34N4. The maximum atomic E-state index is 4.50. The van der Waals surface area contributed by atoms with Gasteiger partial charge in [0.1, 0.15) is 0 Å². The van der Waals surface area contributed by atoms with Crippen LogP contribution in [-0.2, 0) is 13.0 Å². The number of pyridine rings is 2. The number of aryl methyl sites for hydroxylation is 3. The zero-order valence-corrected chi connectivity index (χ0v) is 17.8. The number of unbranched alkanes of at least 4 members (excludes halogenated alkanes) is 8. The summed E-state index contributed by atoms with van der Waals surface area (Å²) in [6.07, 6.45) is 22.7. The van der Waals surface area contributed by atoms with Gasteiger partial charge in [0.05, 0.1) is 17.7 Å². The molecule has 0 unspecified atom stereocenters. The van der Waals surface area contributed by atoms with Crippen molar-refractivity contribution in [1.82, 2.24) is 19.5 Å².